The van der Waals surface area contributed by atoms with Crippen LogP contribution < -0.4 is 25.3 Å². The molecular weight excluding hydrogens is 568 g/mol. The predicted molar refractivity (Wildman–Crippen MR) is 162 cm³/mol. The Hall–Kier alpha value is -4.18. The Kier molecular flexibility index (Phi) is 8.83. The first-order valence-electron chi connectivity index (χ1n) is 14.8. The van der Waals surface area contributed by atoms with E-state index >= 15 is 4.39 Å². The van der Waals surface area contributed by atoms with E-state index in [1.807, 2.05) is 42.2 Å². The molecule has 44 heavy (non-hydrogen) atoms. The number of likely N-dealkylation sites (tertiary alicyclic amines) is 1. The van der Waals surface area contributed by atoms with Gasteiger partial charge in [0.05, 0.1) is 32.3 Å². The number of nitrogens with one attached hydrogen (secondary N) is 1. The number of hydrogen-bond acceptors (Lipinski definition) is 6. The third-order valence-electron chi connectivity index (χ3n) is 9.72. The molecule has 0 aromatic heterocycles. The number of benzene rings is 3. The number of piperidine rings is 1. The number of nitrogens with two attached hydrogens (primary N) is 1. The standard InChI is InChI=1S/C34H39F2N3O5/c1-5-34(24-13-15-38-20-24)30(21-11-12-25(35)26(36)17-21)33(32(37)41,23-9-7-6-8-10-23)14-16-39(34)31(40)22-18-27(42-2)29(44-4)28(19-22)43-3/h6-12,17-19,24,30,38H,5,13-16,20H2,1-4H3,(H2,37,41). The van der Waals surface area contributed by atoms with Crippen LogP contribution in [-0.4, -0.2) is 63.2 Å². The van der Waals surface area contributed by atoms with Gasteiger partial charge in [-0.2, -0.15) is 0 Å². The number of halogens is 2. The Bertz CT molecular complexity index is 1510. The first kappa shape index (κ1) is 31.3. The zero-order chi connectivity index (χ0) is 31.6. The summed E-state index contributed by atoms with van der Waals surface area (Å²) in [5.74, 6) is -2.86. The molecule has 4 unspecified atom stereocenters. The van der Waals surface area contributed by atoms with Crippen molar-refractivity contribution in [3.8, 4) is 17.2 Å². The SMILES string of the molecule is CCC1(C2CCNC2)C(c2ccc(F)c(F)c2)C(C(N)=O)(c2ccccc2)CCN1C(=O)c1cc(OC)c(OC)c(OC)c1. The van der Waals surface area contributed by atoms with Crippen molar-refractivity contribution in [1.29, 1.82) is 0 Å². The molecule has 2 heterocycles. The van der Waals surface area contributed by atoms with Gasteiger partial charge in [0.25, 0.3) is 5.91 Å². The summed E-state index contributed by atoms with van der Waals surface area (Å²) in [7, 11) is 4.45. The van der Waals surface area contributed by atoms with E-state index in [4.69, 9.17) is 19.9 Å². The fraction of sp³-hybridized carbons (Fsp3) is 0.412. The van der Waals surface area contributed by atoms with Gasteiger partial charge in [-0.05, 0) is 67.1 Å². The Morgan fingerprint density at radius 3 is 2.18 bits per heavy atom. The quantitative estimate of drug-likeness (QED) is 0.362. The van der Waals surface area contributed by atoms with Crippen LogP contribution in [0.5, 0.6) is 17.2 Å². The fourth-order valence-corrected chi connectivity index (χ4v) is 7.81. The van der Waals surface area contributed by atoms with Crippen molar-refractivity contribution < 1.29 is 32.6 Å². The van der Waals surface area contributed by atoms with Crippen LogP contribution in [0.2, 0.25) is 0 Å². The van der Waals surface area contributed by atoms with Gasteiger partial charge in [-0.3, -0.25) is 9.59 Å². The molecule has 2 aliphatic rings. The van der Waals surface area contributed by atoms with E-state index in [0.717, 1.165) is 12.1 Å². The number of primary amides is 1. The molecule has 0 aliphatic carbocycles. The molecule has 2 amide bonds. The molecule has 8 nitrogen and oxygen atoms in total. The summed E-state index contributed by atoms with van der Waals surface area (Å²) in [6.07, 6.45) is 1.30. The molecule has 2 aliphatic heterocycles. The monoisotopic (exact) mass is 607 g/mol. The molecule has 234 valence electrons. The highest BCUT2D eigenvalue weighted by Crippen LogP contribution is 2.58. The van der Waals surface area contributed by atoms with E-state index in [2.05, 4.69) is 5.32 Å². The normalized spacial score (nSPS) is 25.0. The van der Waals surface area contributed by atoms with Crippen LogP contribution in [0, 0.1) is 17.6 Å². The largest absolute Gasteiger partial charge is 0.493 e. The van der Waals surface area contributed by atoms with Gasteiger partial charge in [0.15, 0.2) is 23.1 Å². The lowest BCUT2D eigenvalue weighted by Gasteiger charge is -2.61. The minimum absolute atomic E-state index is 0.139. The van der Waals surface area contributed by atoms with Crippen molar-refractivity contribution >= 4 is 11.8 Å². The number of carbonyl (C=O) groups is 2. The topological polar surface area (TPSA) is 103 Å². The average molecular weight is 608 g/mol. The van der Waals surface area contributed by atoms with Crippen LogP contribution in [0.4, 0.5) is 8.78 Å². The first-order chi connectivity index (χ1) is 21.2. The molecule has 0 radical (unpaired) electrons. The minimum atomic E-state index is -1.32. The summed E-state index contributed by atoms with van der Waals surface area (Å²) in [4.78, 5) is 30.5. The van der Waals surface area contributed by atoms with Crippen LogP contribution in [-0.2, 0) is 10.2 Å². The Morgan fingerprint density at radius 2 is 1.66 bits per heavy atom. The number of hydrogen-bond donors (Lipinski definition) is 2. The number of ether oxygens (including phenoxy) is 3. The molecule has 3 N–H and O–H groups in total. The van der Waals surface area contributed by atoms with Gasteiger partial charge in [-0.15, -0.1) is 0 Å². The maximum absolute atomic E-state index is 15.1. The van der Waals surface area contributed by atoms with Gasteiger partial charge in [0, 0.05) is 24.6 Å². The van der Waals surface area contributed by atoms with Crippen LogP contribution in [0.3, 0.4) is 0 Å². The van der Waals surface area contributed by atoms with E-state index in [-0.39, 0.29) is 24.8 Å². The summed E-state index contributed by atoms with van der Waals surface area (Å²) < 4.78 is 46.0. The lowest BCUT2D eigenvalue weighted by molar-refractivity contribution is -0.131. The van der Waals surface area contributed by atoms with Crippen LogP contribution in [0.25, 0.3) is 0 Å². The Morgan fingerprint density at radius 1 is 0.977 bits per heavy atom. The third kappa shape index (κ3) is 4.85. The Labute approximate surface area is 256 Å². The highest BCUT2D eigenvalue weighted by Gasteiger charge is 2.64. The van der Waals surface area contributed by atoms with Gasteiger partial charge >= 0.3 is 0 Å². The predicted octanol–water partition coefficient (Wildman–Crippen LogP) is 4.80. The van der Waals surface area contributed by atoms with Crippen LogP contribution in [0.15, 0.2) is 60.7 Å². The number of nitrogens with zero attached hydrogens (tertiary/aromatic N) is 1. The van der Waals surface area contributed by atoms with E-state index in [0.29, 0.717) is 59.9 Å². The second-order valence-corrected chi connectivity index (χ2v) is 11.5. The minimum Gasteiger partial charge on any atom is -0.493 e. The fourth-order valence-electron chi connectivity index (χ4n) is 7.81. The highest BCUT2D eigenvalue weighted by molar-refractivity contribution is 5.97. The van der Waals surface area contributed by atoms with Crippen molar-refractivity contribution in [2.45, 2.75) is 43.1 Å². The third-order valence-corrected chi connectivity index (χ3v) is 9.72. The van der Waals surface area contributed by atoms with Gasteiger partial charge < -0.3 is 30.2 Å². The summed E-state index contributed by atoms with van der Waals surface area (Å²) in [5, 5.41) is 3.42. The summed E-state index contributed by atoms with van der Waals surface area (Å²) in [6, 6.07) is 16.2. The van der Waals surface area contributed by atoms with Gasteiger partial charge in [0.2, 0.25) is 11.7 Å². The molecule has 5 rings (SSSR count). The molecule has 4 atom stereocenters. The molecule has 0 saturated carbocycles. The summed E-state index contributed by atoms with van der Waals surface area (Å²) in [6.45, 7) is 3.44. The van der Waals surface area contributed by atoms with Crippen molar-refractivity contribution in [3.05, 3.63) is 89.0 Å². The maximum Gasteiger partial charge on any atom is 0.254 e. The van der Waals surface area contributed by atoms with E-state index < -0.39 is 34.4 Å². The highest BCUT2D eigenvalue weighted by atomic mass is 19.2. The number of carbonyl (C=O) groups excluding carboxylic acids is 2. The Balaban J connectivity index is 1.81. The molecule has 0 spiro atoms. The molecule has 2 saturated heterocycles. The van der Waals surface area contributed by atoms with Crippen molar-refractivity contribution in [2.75, 3.05) is 41.0 Å². The smallest absolute Gasteiger partial charge is 0.254 e. The summed E-state index contributed by atoms with van der Waals surface area (Å²) in [5.41, 5.74) is 5.40. The molecule has 3 aromatic rings. The second kappa shape index (κ2) is 12.4. The van der Waals surface area contributed by atoms with E-state index in [9.17, 15) is 14.0 Å². The molecule has 10 heteroatoms. The van der Waals surface area contributed by atoms with Crippen LogP contribution in [0.1, 0.15) is 53.6 Å². The van der Waals surface area contributed by atoms with Crippen molar-refractivity contribution in [1.82, 2.24) is 10.2 Å². The van der Waals surface area contributed by atoms with Gasteiger partial charge in [-0.25, -0.2) is 8.78 Å². The second-order valence-electron chi connectivity index (χ2n) is 11.5. The number of rotatable bonds is 9. The number of amides is 2. The zero-order valence-corrected chi connectivity index (χ0v) is 25.5. The molecular formula is C34H39F2N3O5. The zero-order valence-electron chi connectivity index (χ0n) is 25.5. The van der Waals surface area contributed by atoms with E-state index in [1.165, 1.54) is 27.4 Å². The van der Waals surface area contributed by atoms with Crippen LogP contribution >= 0.6 is 0 Å². The van der Waals surface area contributed by atoms with Crippen molar-refractivity contribution in [3.63, 3.8) is 0 Å². The van der Waals surface area contributed by atoms with Gasteiger partial charge in [-0.1, -0.05) is 43.3 Å². The van der Waals surface area contributed by atoms with Crippen molar-refractivity contribution in [2.24, 2.45) is 11.7 Å². The lowest BCUT2D eigenvalue weighted by atomic mass is 9.51. The maximum atomic E-state index is 15.1. The summed E-state index contributed by atoms with van der Waals surface area (Å²) >= 11 is 0. The lowest BCUT2D eigenvalue weighted by Crippen LogP contribution is -2.70. The molecule has 0 bridgehead atoms. The van der Waals surface area contributed by atoms with E-state index in [1.54, 1.807) is 12.1 Å². The number of methoxy groups -OCH3 is 3. The average Bonchev–Trinajstić information content (AvgIpc) is 3.60. The van der Waals surface area contributed by atoms with Gasteiger partial charge in [0.1, 0.15) is 0 Å². The molecule has 3 aromatic carbocycles. The first-order valence-corrected chi connectivity index (χ1v) is 14.8. The molecule has 2 fully saturated rings.